The highest BCUT2D eigenvalue weighted by Crippen LogP contribution is 2.22. The molecule has 2 atom stereocenters. The van der Waals surface area contributed by atoms with Gasteiger partial charge in [0.05, 0.1) is 0 Å². The van der Waals surface area contributed by atoms with Gasteiger partial charge in [-0.2, -0.15) is 0 Å². The van der Waals surface area contributed by atoms with Gasteiger partial charge in [0.2, 0.25) is 0 Å². The topological polar surface area (TPSA) is 35.0 Å². The maximum Gasteiger partial charge on any atom is 0.194 e. The summed E-state index contributed by atoms with van der Waals surface area (Å²) in [6, 6.07) is 0. The lowest BCUT2D eigenvalue weighted by molar-refractivity contribution is 0.114. The van der Waals surface area contributed by atoms with Crippen LogP contribution in [-0.2, 0) is 4.74 Å². The number of halogens is 2. The number of ether oxygens (including phenoxy) is 1. The standard InChI is InChI=1S/C8H6Cl2N2O/c1-2-7(9)13-8(10)6-3-11-5-12-4-6/h1,3-5,7-8H. The van der Waals surface area contributed by atoms with Crippen LogP contribution >= 0.6 is 23.2 Å². The van der Waals surface area contributed by atoms with Crippen LogP contribution in [0.4, 0.5) is 0 Å². The highest BCUT2D eigenvalue weighted by Gasteiger charge is 2.12. The van der Waals surface area contributed by atoms with E-state index in [4.69, 9.17) is 34.4 Å². The molecule has 5 heteroatoms. The van der Waals surface area contributed by atoms with Crippen LogP contribution in [-0.4, -0.2) is 15.5 Å². The van der Waals surface area contributed by atoms with E-state index in [1.165, 1.54) is 18.7 Å². The summed E-state index contributed by atoms with van der Waals surface area (Å²) in [7, 11) is 0. The summed E-state index contributed by atoms with van der Waals surface area (Å²) in [6.45, 7) is 0. The molecule has 0 spiro atoms. The Labute approximate surface area is 86.0 Å². The van der Waals surface area contributed by atoms with Crippen LogP contribution in [0, 0.1) is 12.3 Å². The Hall–Kier alpha value is -0.820. The molecule has 1 aromatic heterocycles. The first-order valence-electron chi connectivity index (χ1n) is 3.38. The van der Waals surface area contributed by atoms with Crippen molar-refractivity contribution in [3.05, 3.63) is 24.3 Å². The summed E-state index contributed by atoms with van der Waals surface area (Å²) in [5.41, 5.74) is -0.951. The number of hydrogen-bond donors (Lipinski definition) is 0. The molecule has 0 saturated heterocycles. The number of hydrogen-bond acceptors (Lipinski definition) is 3. The number of rotatable bonds is 3. The fourth-order valence-electron chi connectivity index (χ4n) is 0.651. The second-order valence-corrected chi connectivity index (χ2v) is 2.90. The lowest BCUT2D eigenvalue weighted by atomic mass is 10.4. The minimum atomic E-state index is -0.845. The third-order valence-corrected chi connectivity index (χ3v) is 1.80. The van der Waals surface area contributed by atoms with E-state index < -0.39 is 11.1 Å². The molecule has 68 valence electrons. The van der Waals surface area contributed by atoms with Crippen molar-refractivity contribution >= 4 is 23.2 Å². The van der Waals surface area contributed by atoms with Crippen LogP contribution in [0.2, 0.25) is 0 Å². The van der Waals surface area contributed by atoms with Gasteiger partial charge in [-0.15, -0.1) is 6.42 Å². The van der Waals surface area contributed by atoms with Crippen molar-refractivity contribution in [3.8, 4) is 12.3 Å². The Bertz CT molecular complexity index is 299. The zero-order valence-electron chi connectivity index (χ0n) is 6.52. The summed E-state index contributed by atoms with van der Waals surface area (Å²) in [6.07, 6.45) is 9.46. The van der Waals surface area contributed by atoms with Crippen LogP contribution in [0.25, 0.3) is 0 Å². The normalized spacial score (nSPS) is 14.5. The van der Waals surface area contributed by atoms with Gasteiger partial charge in [-0.3, -0.25) is 0 Å². The molecule has 0 aromatic carbocycles. The fourth-order valence-corrected chi connectivity index (χ4v) is 1.02. The van der Waals surface area contributed by atoms with Gasteiger partial charge in [-0.25, -0.2) is 9.97 Å². The molecule has 0 bridgehead atoms. The molecule has 1 heterocycles. The first-order valence-corrected chi connectivity index (χ1v) is 4.26. The van der Waals surface area contributed by atoms with E-state index in [-0.39, 0.29) is 0 Å². The van der Waals surface area contributed by atoms with Crippen molar-refractivity contribution in [1.29, 1.82) is 0 Å². The molecule has 3 nitrogen and oxygen atoms in total. The molecule has 1 aromatic rings. The average Bonchev–Trinajstić information content (AvgIpc) is 2.19. The summed E-state index contributed by atoms with van der Waals surface area (Å²) in [5, 5.41) is 0. The molecule has 1 rings (SSSR count). The molecule has 0 fully saturated rings. The molecule has 0 amide bonds. The van der Waals surface area contributed by atoms with Gasteiger partial charge in [0, 0.05) is 18.0 Å². The second kappa shape index (κ2) is 5.03. The van der Waals surface area contributed by atoms with Gasteiger partial charge in [-0.1, -0.05) is 29.1 Å². The first kappa shape index (κ1) is 10.3. The molecule has 2 unspecified atom stereocenters. The molecule has 0 aliphatic heterocycles. The molecule has 0 radical (unpaired) electrons. The second-order valence-electron chi connectivity index (χ2n) is 2.11. The van der Waals surface area contributed by atoms with Crippen molar-refractivity contribution < 1.29 is 4.74 Å². The van der Waals surface area contributed by atoms with Crippen molar-refractivity contribution in [3.63, 3.8) is 0 Å². The van der Waals surface area contributed by atoms with E-state index in [2.05, 4.69) is 15.9 Å². The van der Waals surface area contributed by atoms with Gasteiger partial charge in [0.15, 0.2) is 11.1 Å². The zero-order valence-corrected chi connectivity index (χ0v) is 8.03. The summed E-state index contributed by atoms with van der Waals surface area (Å²) in [5.74, 6) is 2.18. The Morgan fingerprint density at radius 1 is 1.38 bits per heavy atom. The molecule has 0 saturated carbocycles. The van der Waals surface area contributed by atoms with Crippen molar-refractivity contribution in [2.75, 3.05) is 0 Å². The highest BCUT2D eigenvalue weighted by molar-refractivity contribution is 6.23. The quantitative estimate of drug-likeness (QED) is 0.573. The van der Waals surface area contributed by atoms with Gasteiger partial charge >= 0.3 is 0 Å². The summed E-state index contributed by atoms with van der Waals surface area (Å²) >= 11 is 11.3. The Morgan fingerprint density at radius 2 is 2.00 bits per heavy atom. The van der Waals surface area contributed by atoms with Crippen molar-refractivity contribution in [2.24, 2.45) is 0 Å². The maximum atomic E-state index is 5.80. The predicted molar refractivity (Wildman–Crippen MR) is 50.2 cm³/mol. The van der Waals surface area contributed by atoms with Gasteiger partial charge < -0.3 is 4.74 Å². The lowest BCUT2D eigenvalue weighted by Crippen LogP contribution is -2.05. The molecular weight excluding hydrogens is 211 g/mol. The van der Waals surface area contributed by atoms with Gasteiger partial charge in [-0.05, 0) is 0 Å². The lowest BCUT2D eigenvalue weighted by Gasteiger charge is -2.10. The van der Waals surface area contributed by atoms with E-state index in [0.29, 0.717) is 5.56 Å². The van der Waals surface area contributed by atoms with Crippen LogP contribution in [0.1, 0.15) is 11.1 Å². The smallest absolute Gasteiger partial charge is 0.194 e. The Kier molecular flexibility index (Phi) is 3.97. The Balaban J connectivity index is 2.60. The molecule has 0 N–H and O–H groups in total. The third-order valence-electron chi connectivity index (χ3n) is 1.21. The largest absolute Gasteiger partial charge is 0.328 e. The first-order chi connectivity index (χ1) is 6.24. The number of nitrogens with zero attached hydrogens (tertiary/aromatic N) is 2. The van der Waals surface area contributed by atoms with Crippen molar-refractivity contribution in [2.45, 2.75) is 11.1 Å². The van der Waals surface area contributed by atoms with E-state index in [1.54, 1.807) is 0 Å². The molecule has 13 heavy (non-hydrogen) atoms. The van der Waals surface area contributed by atoms with Crippen LogP contribution in [0.3, 0.4) is 0 Å². The monoisotopic (exact) mass is 216 g/mol. The minimum absolute atomic E-state index is 0.616. The van der Waals surface area contributed by atoms with Gasteiger partial charge in [0.25, 0.3) is 0 Å². The number of aromatic nitrogens is 2. The number of terminal acetylenes is 1. The van der Waals surface area contributed by atoms with Crippen molar-refractivity contribution in [1.82, 2.24) is 9.97 Å². The maximum absolute atomic E-state index is 5.80. The zero-order chi connectivity index (χ0) is 9.68. The van der Waals surface area contributed by atoms with Gasteiger partial charge in [0.1, 0.15) is 6.33 Å². The molecular formula is C8H6Cl2N2O. The average molecular weight is 217 g/mol. The SMILES string of the molecule is C#CC(Cl)OC(Cl)c1cncnc1. The van der Waals surface area contributed by atoms with Crippen LogP contribution in [0.5, 0.6) is 0 Å². The van der Waals surface area contributed by atoms with E-state index in [0.717, 1.165) is 0 Å². The minimum Gasteiger partial charge on any atom is -0.328 e. The highest BCUT2D eigenvalue weighted by atomic mass is 35.5. The molecule has 0 aliphatic rings. The summed E-state index contributed by atoms with van der Waals surface area (Å²) < 4.78 is 5.00. The number of alkyl halides is 2. The van der Waals surface area contributed by atoms with Crippen LogP contribution < -0.4 is 0 Å². The predicted octanol–water partition coefficient (Wildman–Crippen LogP) is 1.93. The van der Waals surface area contributed by atoms with E-state index >= 15 is 0 Å². The molecule has 0 aliphatic carbocycles. The Morgan fingerprint density at radius 3 is 2.54 bits per heavy atom. The third kappa shape index (κ3) is 3.19. The van der Waals surface area contributed by atoms with Crippen LogP contribution in [0.15, 0.2) is 18.7 Å². The fraction of sp³-hybridized carbons (Fsp3) is 0.250. The van der Waals surface area contributed by atoms with E-state index in [1.807, 2.05) is 0 Å². The summed E-state index contributed by atoms with van der Waals surface area (Å²) in [4.78, 5) is 7.54. The van der Waals surface area contributed by atoms with E-state index in [9.17, 15) is 0 Å².